The van der Waals surface area contributed by atoms with Crippen molar-refractivity contribution in [2.75, 3.05) is 7.11 Å². The maximum Gasteiger partial charge on any atom is 0.119 e. The highest BCUT2D eigenvalue weighted by atomic mass is 79.9. The van der Waals surface area contributed by atoms with Crippen LogP contribution in [0.2, 0.25) is 0 Å². The van der Waals surface area contributed by atoms with Crippen LogP contribution in [-0.2, 0) is 10.7 Å². The van der Waals surface area contributed by atoms with Gasteiger partial charge in [-0.05, 0) is 29.3 Å². The molecule has 0 fully saturated rings. The Hall–Kier alpha value is -0.320. The second kappa shape index (κ2) is 9.56. The Kier molecular flexibility index (Phi) is 8.42. The maximum absolute atomic E-state index is 5.07. The molecule has 0 atom stereocenters. The minimum Gasteiger partial charge on any atom is -0.497 e. The smallest absolute Gasteiger partial charge is 0.119 e. The van der Waals surface area contributed by atoms with Crippen LogP contribution in [0, 0.1) is 0 Å². The average Bonchev–Trinajstić information content (AvgIpc) is 2.49. The largest absolute Gasteiger partial charge is 0.497 e. The van der Waals surface area contributed by atoms with Gasteiger partial charge in [-0.15, -0.1) is 0 Å². The Morgan fingerprint density at radius 3 is 2.11 bits per heavy atom. The predicted octanol–water partition coefficient (Wildman–Crippen LogP) is 5.93. The van der Waals surface area contributed by atoms with Crippen molar-refractivity contribution in [2.45, 2.75) is 10.7 Å². The molecule has 0 saturated carbocycles. The molecule has 0 bridgehead atoms. The first kappa shape index (κ1) is 16.7. The molecular formula is C15H15Br3O. The molecule has 0 aliphatic carbocycles. The molecule has 0 aromatic heterocycles. The lowest BCUT2D eigenvalue weighted by atomic mass is 10.2. The van der Waals surface area contributed by atoms with Crippen LogP contribution in [0.25, 0.3) is 0 Å². The van der Waals surface area contributed by atoms with E-state index in [1.165, 1.54) is 11.1 Å². The third-order valence-corrected chi connectivity index (χ3v) is 4.42. The van der Waals surface area contributed by atoms with Crippen LogP contribution in [0.4, 0.5) is 0 Å². The van der Waals surface area contributed by atoms with Gasteiger partial charge >= 0.3 is 0 Å². The molecule has 2 aromatic carbocycles. The lowest BCUT2D eigenvalue weighted by Crippen LogP contribution is -1.85. The van der Waals surface area contributed by atoms with Gasteiger partial charge in [-0.2, -0.15) is 0 Å². The van der Waals surface area contributed by atoms with Crippen molar-refractivity contribution in [2.24, 2.45) is 0 Å². The highest BCUT2D eigenvalue weighted by molar-refractivity contribution is 9.10. The third kappa shape index (κ3) is 6.11. The monoisotopic (exact) mass is 448 g/mol. The van der Waals surface area contributed by atoms with Crippen LogP contribution in [0.3, 0.4) is 0 Å². The van der Waals surface area contributed by atoms with Gasteiger partial charge in [0.25, 0.3) is 0 Å². The molecule has 0 saturated heterocycles. The van der Waals surface area contributed by atoms with E-state index in [1.807, 2.05) is 36.4 Å². The van der Waals surface area contributed by atoms with Crippen molar-refractivity contribution >= 4 is 47.8 Å². The van der Waals surface area contributed by atoms with Crippen LogP contribution < -0.4 is 4.74 Å². The molecule has 0 spiro atoms. The summed E-state index contributed by atoms with van der Waals surface area (Å²) in [5.74, 6) is 0.891. The molecule has 0 amide bonds. The molecule has 2 aromatic rings. The van der Waals surface area contributed by atoms with E-state index >= 15 is 0 Å². The molecule has 1 nitrogen and oxygen atoms in total. The maximum atomic E-state index is 5.07. The molecule has 0 aliphatic heterocycles. The van der Waals surface area contributed by atoms with Gasteiger partial charge in [0.2, 0.25) is 0 Å². The number of hydrogen-bond acceptors (Lipinski definition) is 1. The summed E-state index contributed by atoms with van der Waals surface area (Å²) in [5.41, 5.74) is 2.52. The summed E-state index contributed by atoms with van der Waals surface area (Å²) >= 11 is 10.2. The second-order valence-electron chi connectivity index (χ2n) is 3.71. The first-order chi connectivity index (χ1) is 9.21. The van der Waals surface area contributed by atoms with Gasteiger partial charge in [0, 0.05) is 15.1 Å². The summed E-state index contributed by atoms with van der Waals surface area (Å²) in [5, 5.41) is 1.79. The third-order valence-electron chi connectivity index (χ3n) is 2.39. The van der Waals surface area contributed by atoms with Gasteiger partial charge < -0.3 is 4.74 Å². The quantitative estimate of drug-likeness (QED) is 0.526. The van der Waals surface area contributed by atoms with Gasteiger partial charge in [-0.25, -0.2) is 0 Å². The van der Waals surface area contributed by atoms with E-state index in [-0.39, 0.29) is 0 Å². The van der Waals surface area contributed by atoms with E-state index in [4.69, 9.17) is 4.74 Å². The number of methoxy groups -OCH3 is 1. The summed E-state index contributed by atoms with van der Waals surface area (Å²) < 4.78 is 6.18. The molecule has 19 heavy (non-hydrogen) atoms. The second-order valence-corrected chi connectivity index (χ2v) is 5.69. The van der Waals surface area contributed by atoms with Crippen molar-refractivity contribution < 1.29 is 4.74 Å². The highest BCUT2D eigenvalue weighted by Gasteiger charge is 1.98. The number of ether oxygens (including phenoxy) is 1. The Labute approximate surface area is 139 Å². The minimum atomic E-state index is 0.838. The van der Waals surface area contributed by atoms with Crippen LogP contribution >= 0.6 is 47.8 Å². The van der Waals surface area contributed by atoms with E-state index in [1.54, 1.807) is 7.11 Å². The van der Waals surface area contributed by atoms with Crippen molar-refractivity contribution in [1.82, 2.24) is 0 Å². The Balaban J connectivity index is 0.000000200. The van der Waals surface area contributed by atoms with E-state index in [9.17, 15) is 0 Å². The van der Waals surface area contributed by atoms with Crippen LogP contribution in [-0.4, -0.2) is 7.11 Å². The van der Waals surface area contributed by atoms with Crippen LogP contribution in [0.5, 0.6) is 5.75 Å². The van der Waals surface area contributed by atoms with Crippen molar-refractivity contribution in [3.63, 3.8) is 0 Å². The molecule has 0 aliphatic rings. The zero-order valence-electron chi connectivity index (χ0n) is 10.6. The van der Waals surface area contributed by atoms with Gasteiger partial charge in [-0.3, -0.25) is 0 Å². The van der Waals surface area contributed by atoms with Gasteiger partial charge in [0.1, 0.15) is 5.75 Å². The van der Waals surface area contributed by atoms with E-state index < -0.39 is 0 Å². The topological polar surface area (TPSA) is 9.23 Å². The summed E-state index contributed by atoms with van der Waals surface area (Å²) in [6.07, 6.45) is 0. The lowest BCUT2D eigenvalue weighted by molar-refractivity contribution is 0.414. The van der Waals surface area contributed by atoms with E-state index in [0.717, 1.165) is 20.9 Å². The zero-order chi connectivity index (χ0) is 14.1. The summed E-state index contributed by atoms with van der Waals surface area (Å²) in [4.78, 5) is 0. The first-order valence-corrected chi connectivity index (χ1v) is 8.73. The molecule has 102 valence electrons. The zero-order valence-corrected chi connectivity index (χ0v) is 15.3. The fraction of sp³-hybridized carbons (Fsp3) is 0.200. The summed E-state index contributed by atoms with van der Waals surface area (Å²) in [6.45, 7) is 0. The number of rotatable bonds is 3. The Bertz CT molecular complexity index is 486. The molecule has 0 heterocycles. The molecular weight excluding hydrogens is 436 g/mol. The van der Waals surface area contributed by atoms with Crippen molar-refractivity contribution in [3.8, 4) is 5.75 Å². The Morgan fingerprint density at radius 1 is 0.947 bits per heavy atom. The summed E-state index contributed by atoms with van der Waals surface area (Å²) in [7, 11) is 1.67. The molecule has 4 heteroatoms. The van der Waals surface area contributed by atoms with Gasteiger partial charge in [-0.1, -0.05) is 78.1 Å². The van der Waals surface area contributed by atoms with Gasteiger partial charge in [0.15, 0.2) is 0 Å². The number of hydrogen-bond donors (Lipinski definition) is 0. The standard InChI is InChI=1S/C8H8Br2O.C7H7Br/c1-11-7-2-3-8(10)6(4-7)5-9;8-6-7-4-2-1-3-5-7/h2-4H,5H2,1H3;1-5H,6H2. The van der Waals surface area contributed by atoms with Crippen LogP contribution in [0.15, 0.2) is 53.0 Å². The molecule has 0 N–H and O–H groups in total. The van der Waals surface area contributed by atoms with Gasteiger partial charge in [0.05, 0.1) is 7.11 Å². The van der Waals surface area contributed by atoms with E-state index in [0.29, 0.717) is 0 Å². The summed E-state index contributed by atoms with van der Waals surface area (Å²) in [6, 6.07) is 16.2. The Morgan fingerprint density at radius 2 is 1.63 bits per heavy atom. The van der Waals surface area contributed by atoms with E-state index in [2.05, 4.69) is 59.9 Å². The fourth-order valence-electron chi connectivity index (χ4n) is 1.35. The lowest BCUT2D eigenvalue weighted by Gasteiger charge is -2.03. The normalized spacial score (nSPS) is 9.47. The highest BCUT2D eigenvalue weighted by Crippen LogP contribution is 2.23. The average molecular weight is 451 g/mol. The number of alkyl halides is 2. The number of benzene rings is 2. The molecule has 2 rings (SSSR count). The minimum absolute atomic E-state index is 0.838. The van der Waals surface area contributed by atoms with Crippen LogP contribution in [0.1, 0.15) is 11.1 Å². The number of halogens is 3. The fourth-order valence-corrected chi connectivity index (χ4v) is 2.95. The van der Waals surface area contributed by atoms with Crippen molar-refractivity contribution in [3.05, 3.63) is 64.1 Å². The predicted molar refractivity (Wildman–Crippen MR) is 92.4 cm³/mol. The van der Waals surface area contributed by atoms with Crippen molar-refractivity contribution in [1.29, 1.82) is 0 Å². The first-order valence-electron chi connectivity index (χ1n) is 5.69. The molecule has 0 radical (unpaired) electrons. The molecule has 0 unspecified atom stereocenters. The SMILES string of the molecule is BrCc1ccccc1.COc1ccc(Br)c(CBr)c1.